The Balaban J connectivity index is 1.08. The molecule has 2 aromatic rings. The van der Waals surface area contributed by atoms with E-state index in [1.807, 2.05) is 6.07 Å². The molecule has 2 aromatic carbocycles. The van der Waals surface area contributed by atoms with Gasteiger partial charge < -0.3 is 4.74 Å². The molecule has 3 aliphatic carbocycles. The highest BCUT2D eigenvalue weighted by Crippen LogP contribution is 2.48. The summed E-state index contributed by atoms with van der Waals surface area (Å²) in [4.78, 5) is 0. The first-order valence-corrected chi connectivity index (χ1v) is 17.4. The van der Waals surface area contributed by atoms with Crippen molar-refractivity contribution < 1.29 is 35.5 Å². The number of alkyl halides is 2. The van der Waals surface area contributed by atoms with Gasteiger partial charge in [-0.25, -0.2) is 13.2 Å². The van der Waals surface area contributed by atoms with Crippen LogP contribution in [0.2, 0.25) is 0 Å². The van der Waals surface area contributed by atoms with Gasteiger partial charge in [0.05, 0.1) is 11.5 Å². The fourth-order valence-corrected chi connectivity index (χ4v) is 8.53. The van der Waals surface area contributed by atoms with Crippen LogP contribution in [0.3, 0.4) is 0 Å². The molecule has 3 fully saturated rings. The van der Waals surface area contributed by atoms with Gasteiger partial charge in [0.15, 0.2) is 0 Å². The Morgan fingerprint density at radius 1 is 0.739 bits per heavy atom. The van der Waals surface area contributed by atoms with Crippen molar-refractivity contribution in [2.45, 2.75) is 128 Å². The molecule has 0 radical (unpaired) electrons. The van der Waals surface area contributed by atoms with Gasteiger partial charge in [-0.1, -0.05) is 44.7 Å². The van der Waals surface area contributed by atoms with Gasteiger partial charge in [-0.05, 0) is 124 Å². The van der Waals surface area contributed by atoms with E-state index in [-0.39, 0.29) is 30.7 Å². The SMILES string of the molecule is CCCCCC1CCC(c2ccc(C3CCC(C4CCC(C(F)(F)Oc5cc(F)c(C=C(F)F)c(F)c5)CC4)CC3)c(F)c2)CC1. The van der Waals surface area contributed by atoms with E-state index in [2.05, 4.69) is 13.0 Å². The van der Waals surface area contributed by atoms with Crippen LogP contribution in [0, 0.1) is 41.1 Å². The standard InChI is InChI=1S/C38H47F7O/c1-2-3-4-5-24-6-8-27(9-7-24)29-16-19-32(34(39)20-29)28-12-10-25(11-13-28)26-14-17-30(18-15-26)38(44,45)46-31-21-35(40)33(23-37(42)43)36(41)22-31/h16,19-28,30H,2-15,17-18H2,1H3. The minimum absolute atomic E-state index is 0.00898. The van der Waals surface area contributed by atoms with Crippen LogP contribution >= 0.6 is 0 Å². The minimum Gasteiger partial charge on any atom is -0.432 e. The molecule has 0 heterocycles. The summed E-state index contributed by atoms with van der Waals surface area (Å²) in [5.41, 5.74) is 0.940. The average molecular weight is 653 g/mol. The van der Waals surface area contributed by atoms with Crippen molar-refractivity contribution in [2.75, 3.05) is 0 Å². The first kappa shape index (κ1) is 34.8. The largest absolute Gasteiger partial charge is 0.432 e. The zero-order chi connectivity index (χ0) is 32.8. The maximum absolute atomic E-state index is 15.4. The Bertz CT molecular complexity index is 1290. The second-order valence-corrected chi connectivity index (χ2v) is 14.1. The summed E-state index contributed by atoms with van der Waals surface area (Å²) in [6, 6.07) is 6.95. The predicted molar refractivity (Wildman–Crippen MR) is 168 cm³/mol. The lowest BCUT2D eigenvalue weighted by atomic mass is 9.68. The van der Waals surface area contributed by atoms with E-state index in [1.54, 1.807) is 6.07 Å². The second-order valence-electron chi connectivity index (χ2n) is 14.1. The second kappa shape index (κ2) is 15.6. The van der Waals surface area contributed by atoms with Crippen LogP contribution in [0.15, 0.2) is 36.4 Å². The van der Waals surface area contributed by atoms with Crippen molar-refractivity contribution >= 4 is 6.08 Å². The quantitative estimate of drug-likeness (QED) is 0.173. The van der Waals surface area contributed by atoms with E-state index in [0.29, 0.717) is 42.7 Å². The van der Waals surface area contributed by atoms with Gasteiger partial charge in [0.2, 0.25) is 0 Å². The van der Waals surface area contributed by atoms with Crippen LogP contribution in [-0.2, 0) is 0 Å². The van der Waals surface area contributed by atoms with E-state index in [9.17, 15) is 17.6 Å². The molecular weight excluding hydrogens is 605 g/mol. The van der Waals surface area contributed by atoms with Crippen molar-refractivity contribution in [1.29, 1.82) is 0 Å². The summed E-state index contributed by atoms with van der Waals surface area (Å²) < 4.78 is 103. The molecule has 0 bridgehead atoms. The number of rotatable bonds is 11. The highest BCUT2D eigenvalue weighted by molar-refractivity contribution is 5.53. The Kier molecular flexibility index (Phi) is 11.8. The van der Waals surface area contributed by atoms with Gasteiger partial charge in [0.25, 0.3) is 6.08 Å². The molecule has 0 spiro atoms. The van der Waals surface area contributed by atoms with Crippen molar-refractivity contribution in [1.82, 2.24) is 0 Å². The molecule has 1 nitrogen and oxygen atoms in total. The maximum Gasteiger partial charge on any atom is 0.400 e. The fraction of sp³-hybridized carbons (Fsp3) is 0.632. The average Bonchev–Trinajstić information content (AvgIpc) is 3.03. The molecule has 3 saturated carbocycles. The molecule has 0 saturated heterocycles. The Labute approximate surface area is 269 Å². The van der Waals surface area contributed by atoms with Gasteiger partial charge in [-0.2, -0.15) is 17.6 Å². The number of unbranched alkanes of at least 4 members (excludes halogenated alkanes) is 2. The van der Waals surface area contributed by atoms with Crippen molar-refractivity contribution in [3.63, 3.8) is 0 Å². The van der Waals surface area contributed by atoms with Crippen molar-refractivity contribution in [2.24, 2.45) is 23.7 Å². The lowest BCUT2D eigenvalue weighted by molar-refractivity contribution is -0.224. The smallest absolute Gasteiger partial charge is 0.400 e. The fourth-order valence-electron chi connectivity index (χ4n) is 8.53. The monoisotopic (exact) mass is 652 g/mol. The Morgan fingerprint density at radius 2 is 1.33 bits per heavy atom. The lowest BCUT2D eigenvalue weighted by Gasteiger charge is -2.39. The molecular formula is C38H47F7O. The number of hydrogen-bond donors (Lipinski definition) is 0. The highest BCUT2D eigenvalue weighted by atomic mass is 19.3. The Morgan fingerprint density at radius 3 is 1.89 bits per heavy atom. The van der Waals surface area contributed by atoms with Crippen LogP contribution in [0.1, 0.15) is 138 Å². The van der Waals surface area contributed by atoms with Crippen LogP contribution in [0.4, 0.5) is 30.7 Å². The van der Waals surface area contributed by atoms with Gasteiger partial charge >= 0.3 is 6.11 Å². The summed E-state index contributed by atoms with van der Waals surface area (Å²) in [6.45, 7) is 2.24. The molecule has 3 aliphatic rings. The number of halogens is 7. The van der Waals surface area contributed by atoms with Crippen LogP contribution in [0.25, 0.3) is 6.08 Å². The van der Waals surface area contributed by atoms with E-state index < -0.39 is 41.1 Å². The third kappa shape index (κ3) is 8.69. The molecule has 0 aliphatic heterocycles. The number of benzene rings is 2. The first-order valence-electron chi connectivity index (χ1n) is 17.4. The molecule has 254 valence electrons. The van der Waals surface area contributed by atoms with Crippen LogP contribution in [0.5, 0.6) is 5.75 Å². The summed E-state index contributed by atoms with van der Waals surface area (Å²) in [5, 5.41) is 0. The van der Waals surface area contributed by atoms with E-state index in [4.69, 9.17) is 4.74 Å². The van der Waals surface area contributed by atoms with Gasteiger partial charge in [0, 0.05) is 18.2 Å². The lowest BCUT2D eigenvalue weighted by Crippen LogP contribution is -2.38. The van der Waals surface area contributed by atoms with Gasteiger partial charge in [0.1, 0.15) is 23.2 Å². The van der Waals surface area contributed by atoms with Crippen molar-refractivity contribution in [3.8, 4) is 5.75 Å². The molecule has 0 N–H and O–H groups in total. The van der Waals surface area contributed by atoms with Crippen LogP contribution < -0.4 is 4.74 Å². The molecule has 5 rings (SSSR count). The summed E-state index contributed by atoms with van der Waals surface area (Å²) in [7, 11) is 0. The molecule has 0 unspecified atom stereocenters. The molecule has 8 heteroatoms. The zero-order valence-corrected chi connectivity index (χ0v) is 26.8. The van der Waals surface area contributed by atoms with E-state index in [1.165, 1.54) is 38.5 Å². The molecule has 46 heavy (non-hydrogen) atoms. The molecule has 0 amide bonds. The highest BCUT2D eigenvalue weighted by Gasteiger charge is 2.45. The minimum atomic E-state index is -3.65. The van der Waals surface area contributed by atoms with Gasteiger partial charge in [-0.15, -0.1) is 0 Å². The molecule has 0 aromatic heterocycles. The van der Waals surface area contributed by atoms with Gasteiger partial charge in [-0.3, -0.25) is 0 Å². The normalized spacial score (nSPS) is 27.3. The Hall–Kier alpha value is -2.51. The number of hydrogen-bond acceptors (Lipinski definition) is 1. The van der Waals surface area contributed by atoms with E-state index in [0.717, 1.165) is 55.6 Å². The topological polar surface area (TPSA) is 9.23 Å². The third-order valence-corrected chi connectivity index (χ3v) is 11.2. The van der Waals surface area contributed by atoms with Crippen molar-refractivity contribution in [3.05, 3.63) is 70.6 Å². The first-order chi connectivity index (χ1) is 22.0. The summed E-state index contributed by atoms with van der Waals surface area (Å²) in [5.74, 6) is -2.58. The van der Waals surface area contributed by atoms with E-state index >= 15 is 13.2 Å². The predicted octanol–water partition coefficient (Wildman–Crippen LogP) is 12.9. The summed E-state index contributed by atoms with van der Waals surface area (Å²) >= 11 is 0. The zero-order valence-electron chi connectivity index (χ0n) is 26.8. The number of ether oxygens (including phenoxy) is 1. The summed E-state index contributed by atoms with van der Waals surface area (Å²) in [6.07, 6.45) is 9.33. The maximum atomic E-state index is 15.4. The third-order valence-electron chi connectivity index (χ3n) is 11.2. The molecule has 0 atom stereocenters. The van der Waals surface area contributed by atoms with Crippen LogP contribution in [-0.4, -0.2) is 6.11 Å².